The predicted molar refractivity (Wildman–Crippen MR) is 77.3 cm³/mol. The lowest BCUT2D eigenvalue weighted by atomic mass is 10.2. The van der Waals surface area contributed by atoms with Crippen LogP contribution in [0.5, 0.6) is 11.5 Å². The van der Waals surface area contributed by atoms with Gasteiger partial charge in [0, 0.05) is 23.6 Å². The van der Waals surface area contributed by atoms with Crippen LogP contribution in [-0.4, -0.2) is 30.8 Å². The van der Waals surface area contributed by atoms with Gasteiger partial charge in [0.15, 0.2) is 9.84 Å². The maximum absolute atomic E-state index is 11.9. The van der Waals surface area contributed by atoms with Gasteiger partial charge in [0.1, 0.15) is 11.5 Å². The SMILES string of the molecule is CS(=O)(=O)c1ccc(NC(=O)c2cc(O)cc(O)c2)cc1. The van der Waals surface area contributed by atoms with E-state index in [4.69, 9.17) is 0 Å². The number of phenolic OH excluding ortho intramolecular Hbond substituents is 2. The summed E-state index contributed by atoms with van der Waals surface area (Å²) in [5.74, 6) is -0.992. The lowest BCUT2D eigenvalue weighted by molar-refractivity contribution is 0.102. The minimum Gasteiger partial charge on any atom is -0.508 e. The molecule has 2 aromatic rings. The van der Waals surface area contributed by atoms with Gasteiger partial charge >= 0.3 is 0 Å². The molecule has 0 bridgehead atoms. The van der Waals surface area contributed by atoms with E-state index in [2.05, 4.69) is 5.32 Å². The molecule has 21 heavy (non-hydrogen) atoms. The number of carbonyl (C=O) groups excluding carboxylic acids is 1. The molecule has 7 heteroatoms. The second kappa shape index (κ2) is 5.45. The molecule has 0 aliphatic heterocycles. The number of amides is 1. The summed E-state index contributed by atoms with van der Waals surface area (Å²) in [6.45, 7) is 0. The predicted octanol–water partition coefficient (Wildman–Crippen LogP) is 1.75. The Labute approximate surface area is 121 Å². The minimum absolute atomic E-state index is 0.0830. The van der Waals surface area contributed by atoms with E-state index in [1.54, 1.807) is 0 Å². The summed E-state index contributed by atoms with van der Waals surface area (Å²) in [5.41, 5.74) is 0.481. The van der Waals surface area contributed by atoms with Crippen molar-refractivity contribution in [2.24, 2.45) is 0 Å². The van der Waals surface area contributed by atoms with Gasteiger partial charge in [-0.1, -0.05) is 0 Å². The fourth-order valence-electron chi connectivity index (χ4n) is 1.71. The third-order valence-electron chi connectivity index (χ3n) is 2.71. The first-order valence-corrected chi connectivity index (χ1v) is 7.79. The molecular formula is C14H13NO5S. The Morgan fingerprint density at radius 3 is 2.00 bits per heavy atom. The first kappa shape index (κ1) is 14.9. The van der Waals surface area contributed by atoms with E-state index in [0.717, 1.165) is 12.3 Å². The zero-order chi connectivity index (χ0) is 15.6. The Balaban J connectivity index is 2.20. The number of anilines is 1. The molecule has 1 amide bonds. The van der Waals surface area contributed by atoms with Crippen molar-refractivity contribution in [3.05, 3.63) is 48.0 Å². The number of phenols is 2. The number of sulfone groups is 1. The number of hydrogen-bond donors (Lipinski definition) is 3. The van der Waals surface area contributed by atoms with Gasteiger partial charge in [-0.2, -0.15) is 0 Å². The maximum atomic E-state index is 11.9. The average molecular weight is 307 g/mol. The molecule has 0 heterocycles. The first-order valence-electron chi connectivity index (χ1n) is 5.90. The van der Waals surface area contributed by atoms with Gasteiger partial charge < -0.3 is 15.5 Å². The number of rotatable bonds is 3. The van der Waals surface area contributed by atoms with Gasteiger partial charge in [0.2, 0.25) is 0 Å². The normalized spacial score (nSPS) is 11.1. The Morgan fingerprint density at radius 1 is 1.00 bits per heavy atom. The highest BCUT2D eigenvalue weighted by Gasteiger charge is 2.10. The van der Waals surface area contributed by atoms with Gasteiger partial charge in [-0.05, 0) is 36.4 Å². The van der Waals surface area contributed by atoms with Gasteiger partial charge in [0.25, 0.3) is 5.91 Å². The monoisotopic (exact) mass is 307 g/mol. The quantitative estimate of drug-likeness (QED) is 0.801. The van der Waals surface area contributed by atoms with Crippen molar-refractivity contribution in [2.45, 2.75) is 4.90 Å². The van der Waals surface area contributed by atoms with Gasteiger partial charge in [-0.25, -0.2) is 8.42 Å². The summed E-state index contributed by atoms with van der Waals surface area (Å²) in [6.07, 6.45) is 1.09. The maximum Gasteiger partial charge on any atom is 0.255 e. The number of carbonyl (C=O) groups is 1. The summed E-state index contributed by atoms with van der Waals surface area (Å²) in [5, 5.41) is 21.2. The fraction of sp³-hybridized carbons (Fsp3) is 0.0714. The molecule has 3 N–H and O–H groups in total. The largest absolute Gasteiger partial charge is 0.508 e. The molecule has 110 valence electrons. The molecular weight excluding hydrogens is 294 g/mol. The molecule has 0 fully saturated rings. The van der Waals surface area contributed by atoms with Crippen molar-refractivity contribution >= 4 is 21.4 Å². The summed E-state index contributed by atoms with van der Waals surface area (Å²) >= 11 is 0. The molecule has 0 unspecified atom stereocenters. The Bertz CT molecular complexity index is 761. The van der Waals surface area contributed by atoms with Crippen LogP contribution in [0.4, 0.5) is 5.69 Å². The molecule has 0 aliphatic carbocycles. The zero-order valence-electron chi connectivity index (χ0n) is 11.1. The van der Waals surface area contributed by atoms with Crippen molar-refractivity contribution < 1.29 is 23.4 Å². The van der Waals surface area contributed by atoms with E-state index >= 15 is 0 Å². The van der Waals surface area contributed by atoms with E-state index < -0.39 is 15.7 Å². The van der Waals surface area contributed by atoms with Crippen molar-refractivity contribution in [2.75, 3.05) is 11.6 Å². The van der Waals surface area contributed by atoms with Crippen LogP contribution in [0.15, 0.2) is 47.4 Å². The van der Waals surface area contributed by atoms with Gasteiger partial charge in [0.05, 0.1) is 4.90 Å². The second-order valence-electron chi connectivity index (χ2n) is 4.49. The minimum atomic E-state index is -3.29. The van der Waals surface area contributed by atoms with Crippen LogP contribution < -0.4 is 5.32 Å². The highest BCUT2D eigenvalue weighted by molar-refractivity contribution is 7.90. The first-order chi connectivity index (χ1) is 9.75. The smallest absolute Gasteiger partial charge is 0.255 e. The molecule has 0 radical (unpaired) electrons. The fourth-order valence-corrected chi connectivity index (χ4v) is 2.35. The van der Waals surface area contributed by atoms with Crippen LogP contribution in [0.25, 0.3) is 0 Å². The third-order valence-corrected chi connectivity index (χ3v) is 3.83. The third kappa shape index (κ3) is 3.73. The van der Waals surface area contributed by atoms with Gasteiger partial charge in [-0.3, -0.25) is 4.79 Å². The average Bonchev–Trinajstić information content (AvgIpc) is 2.37. The van der Waals surface area contributed by atoms with E-state index in [9.17, 15) is 23.4 Å². The van der Waals surface area contributed by atoms with Crippen LogP contribution in [0, 0.1) is 0 Å². The number of hydrogen-bond acceptors (Lipinski definition) is 5. The Kier molecular flexibility index (Phi) is 3.86. The van der Waals surface area contributed by atoms with E-state index in [1.807, 2.05) is 0 Å². The number of nitrogens with one attached hydrogen (secondary N) is 1. The lowest BCUT2D eigenvalue weighted by Gasteiger charge is -2.07. The second-order valence-corrected chi connectivity index (χ2v) is 6.50. The highest BCUT2D eigenvalue weighted by atomic mass is 32.2. The summed E-state index contributed by atoms with van der Waals surface area (Å²) < 4.78 is 22.6. The molecule has 0 saturated heterocycles. The highest BCUT2D eigenvalue weighted by Crippen LogP contribution is 2.21. The van der Waals surface area contributed by atoms with E-state index in [1.165, 1.54) is 36.4 Å². The van der Waals surface area contributed by atoms with Crippen molar-refractivity contribution in [3.8, 4) is 11.5 Å². The van der Waals surface area contributed by atoms with E-state index in [0.29, 0.717) is 5.69 Å². The van der Waals surface area contributed by atoms with Crippen LogP contribution in [0.1, 0.15) is 10.4 Å². The van der Waals surface area contributed by atoms with Crippen molar-refractivity contribution in [1.29, 1.82) is 0 Å². The number of aromatic hydroxyl groups is 2. The van der Waals surface area contributed by atoms with Crippen LogP contribution in [0.3, 0.4) is 0 Å². The molecule has 0 aromatic heterocycles. The molecule has 2 aromatic carbocycles. The summed E-state index contributed by atoms with van der Waals surface area (Å²) in [7, 11) is -3.29. The Hall–Kier alpha value is -2.54. The molecule has 0 atom stereocenters. The molecule has 2 rings (SSSR count). The van der Waals surface area contributed by atoms with Crippen molar-refractivity contribution in [3.63, 3.8) is 0 Å². The standard InChI is InChI=1S/C14H13NO5S/c1-21(19,20)13-4-2-10(3-5-13)15-14(18)9-6-11(16)8-12(17)7-9/h2-8,16-17H,1H3,(H,15,18). The van der Waals surface area contributed by atoms with Crippen LogP contribution in [-0.2, 0) is 9.84 Å². The molecule has 0 saturated carbocycles. The zero-order valence-corrected chi connectivity index (χ0v) is 11.9. The molecule has 0 aliphatic rings. The van der Waals surface area contributed by atoms with Crippen LogP contribution in [0.2, 0.25) is 0 Å². The number of benzene rings is 2. The topological polar surface area (TPSA) is 104 Å². The van der Waals surface area contributed by atoms with E-state index in [-0.39, 0.29) is 22.0 Å². The van der Waals surface area contributed by atoms with Crippen molar-refractivity contribution in [1.82, 2.24) is 0 Å². The van der Waals surface area contributed by atoms with Gasteiger partial charge in [-0.15, -0.1) is 0 Å². The Morgan fingerprint density at radius 2 is 1.52 bits per heavy atom. The molecule has 6 nitrogen and oxygen atoms in total. The van der Waals surface area contributed by atoms with Crippen LogP contribution >= 0.6 is 0 Å². The molecule has 0 spiro atoms. The summed E-state index contributed by atoms with van der Waals surface area (Å²) in [6, 6.07) is 9.20. The lowest BCUT2D eigenvalue weighted by Crippen LogP contribution is -2.11. The summed E-state index contributed by atoms with van der Waals surface area (Å²) in [4.78, 5) is 12.1.